The van der Waals surface area contributed by atoms with Gasteiger partial charge in [-0.3, -0.25) is 9.97 Å². The summed E-state index contributed by atoms with van der Waals surface area (Å²) in [6, 6.07) is 15.1. The Labute approximate surface area is 158 Å². The molecular weight excluding hydrogens is 342 g/mol. The van der Waals surface area contributed by atoms with Crippen LogP contribution < -0.4 is 10.1 Å². The van der Waals surface area contributed by atoms with Crippen LogP contribution in [0.15, 0.2) is 67.1 Å². The number of aromatic nitrogens is 2. The van der Waals surface area contributed by atoms with Crippen LogP contribution in [0.3, 0.4) is 0 Å². The van der Waals surface area contributed by atoms with Gasteiger partial charge in [0.05, 0.1) is 25.0 Å². The van der Waals surface area contributed by atoms with E-state index in [4.69, 9.17) is 9.47 Å². The van der Waals surface area contributed by atoms with E-state index in [1.165, 1.54) is 0 Å². The second-order valence-corrected chi connectivity index (χ2v) is 5.76. The summed E-state index contributed by atoms with van der Waals surface area (Å²) in [5.41, 5.74) is 3.05. The second-order valence-electron chi connectivity index (χ2n) is 5.76. The fourth-order valence-corrected chi connectivity index (χ4v) is 2.48. The minimum atomic E-state index is -0.402. The molecule has 0 aliphatic rings. The standard InChI is InChI=1S/C21H21N3O3/c1-2-26-21(25)19-9-8-17(24-14-18-13-22-10-11-23-18)12-20(19)27-15-16-6-4-3-5-7-16/h3-13,24H,2,14-15H2,1H3. The van der Waals surface area contributed by atoms with Crippen LogP contribution in [0, 0.1) is 0 Å². The van der Waals surface area contributed by atoms with Gasteiger partial charge in [-0.2, -0.15) is 0 Å². The molecule has 0 aliphatic heterocycles. The van der Waals surface area contributed by atoms with Crippen LogP contribution in [-0.2, 0) is 17.9 Å². The summed E-state index contributed by atoms with van der Waals surface area (Å²) in [5, 5.41) is 3.26. The van der Waals surface area contributed by atoms with Crippen LogP contribution >= 0.6 is 0 Å². The normalized spacial score (nSPS) is 10.3. The molecule has 0 atom stereocenters. The third-order valence-electron chi connectivity index (χ3n) is 3.80. The zero-order valence-corrected chi connectivity index (χ0v) is 15.1. The molecule has 6 nitrogen and oxygen atoms in total. The molecule has 1 aromatic heterocycles. The van der Waals surface area contributed by atoms with E-state index in [-0.39, 0.29) is 0 Å². The number of rotatable bonds is 8. The Morgan fingerprint density at radius 2 is 1.96 bits per heavy atom. The number of ether oxygens (including phenoxy) is 2. The number of hydrogen-bond acceptors (Lipinski definition) is 6. The molecule has 0 saturated heterocycles. The van der Waals surface area contributed by atoms with Crippen LogP contribution in [0.5, 0.6) is 5.75 Å². The highest BCUT2D eigenvalue weighted by molar-refractivity contribution is 5.93. The third-order valence-corrected chi connectivity index (χ3v) is 3.80. The first-order valence-corrected chi connectivity index (χ1v) is 8.73. The lowest BCUT2D eigenvalue weighted by atomic mass is 10.1. The number of benzene rings is 2. The molecule has 1 N–H and O–H groups in total. The monoisotopic (exact) mass is 363 g/mol. The quantitative estimate of drug-likeness (QED) is 0.613. The van der Waals surface area contributed by atoms with Crippen molar-refractivity contribution < 1.29 is 14.3 Å². The van der Waals surface area contributed by atoms with E-state index in [2.05, 4.69) is 15.3 Å². The van der Waals surface area contributed by atoms with E-state index >= 15 is 0 Å². The largest absolute Gasteiger partial charge is 0.488 e. The van der Waals surface area contributed by atoms with Crippen LogP contribution in [0.4, 0.5) is 5.69 Å². The molecule has 27 heavy (non-hydrogen) atoms. The number of nitrogens with one attached hydrogen (secondary N) is 1. The summed E-state index contributed by atoms with van der Waals surface area (Å²) in [7, 11) is 0. The van der Waals surface area contributed by atoms with Crippen molar-refractivity contribution in [3.05, 3.63) is 83.9 Å². The molecule has 2 aromatic carbocycles. The molecule has 0 fully saturated rings. The van der Waals surface area contributed by atoms with Crippen LogP contribution in [-0.4, -0.2) is 22.5 Å². The molecular formula is C21H21N3O3. The maximum Gasteiger partial charge on any atom is 0.341 e. The second kappa shape index (κ2) is 9.33. The highest BCUT2D eigenvalue weighted by Crippen LogP contribution is 2.25. The average Bonchev–Trinajstić information content (AvgIpc) is 2.72. The highest BCUT2D eigenvalue weighted by Gasteiger charge is 2.15. The zero-order chi connectivity index (χ0) is 18.9. The van der Waals surface area contributed by atoms with Gasteiger partial charge >= 0.3 is 5.97 Å². The lowest BCUT2D eigenvalue weighted by Gasteiger charge is -2.14. The number of carbonyl (C=O) groups excluding carboxylic acids is 1. The lowest BCUT2D eigenvalue weighted by molar-refractivity contribution is 0.0521. The Kier molecular flexibility index (Phi) is 6.35. The summed E-state index contributed by atoms with van der Waals surface area (Å²) in [6.07, 6.45) is 4.98. The van der Waals surface area contributed by atoms with Crippen molar-refractivity contribution in [3.8, 4) is 5.75 Å². The first kappa shape index (κ1) is 18.4. The van der Waals surface area contributed by atoms with Gasteiger partial charge < -0.3 is 14.8 Å². The van der Waals surface area contributed by atoms with Gasteiger partial charge in [-0.05, 0) is 24.6 Å². The Balaban J connectivity index is 1.76. The Bertz CT molecular complexity index is 870. The lowest BCUT2D eigenvalue weighted by Crippen LogP contribution is -2.09. The van der Waals surface area contributed by atoms with E-state index in [1.807, 2.05) is 36.4 Å². The molecule has 3 aromatic rings. The average molecular weight is 363 g/mol. The molecule has 1 heterocycles. The summed E-state index contributed by atoms with van der Waals surface area (Å²) < 4.78 is 11.0. The van der Waals surface area contributed by atoms with Gasteiger partial charge in [0.1, 0.15) is 17.9 Å². The van der Waals surface area contributed by atoms with Crippen molar-refractivity contribution in [1.29, 1.82) is 0 Å². The van der Waals surface area contributed by atoms with Gasteiger partial charge in [-0.1, -0.05) is 30.3 Å². The molecule has 138 valence electrons. The molecule has 3 rings (SSSR count). The van der Waals surface area contributed by atoms with E-state index in [1.54, 1.807) is 37.6 Å². The molecule has 0 amide bonds. The molecule has 0 saturated carbocycles. The van der Waals surface area contributed by atoms with Crippen molar-refractivity contribution in [2.24, 2.45) is 0 Å². The van der Waals surface area contributed by atoms with Crippen LogP contribution in [0.25, 0.3) is 0 Å². The third kappa shape index (κ3) is 5.28. The molecule has 0 spiro atoms. The predicted molar refractivity (Wildman–Crippen MR) is 103 cm³/mol. The number of nitrogens with zero attached hydrogens (tertiary/aromatic N) is 2. The first-order chi connectivity index (χ1) is 13.3. The first-order valence-electron chi connectivity index (χ1n) is 8.73. The van der Waals surface area contributed by atoms with E-state index < -0.39 is 5.97 Å². The number of anilines is 1. The summed E-state index contributed by atoms with van der Waals surface area (Å²) >= 11 is 0. The number of esters is 1. The van der Waals surface area contributed by atoms with Crippen molar-refractivity contribution in [1.82, 2.24) is 9.97 Å². The predicted octanol–water partition coefficient (Wildman–Crippen LogP) is 3.84. The van der Waals surface area contributed by atoms with Crippen molar-refractivity contribution >= 4 is 11.7 Å². The van der Waals surface area contributed by atoms with Gasteiger partial charge in [-0.25, -0.2) is 4.79 Å². The fraction of sp³-hybridized carbons (Fsp3) is 0.190. The van der Waals surface area contributed by atoms with Gasteiger partial charge in [0.15, 0.2) is 0 Å². The van der Waals surface area contributed by atoms with Crippen LogP contribution in [0.1, 0.15) is 28.5 Å². The fourth-order valence-electron chi connectivity index (χ4n) is 2.48. The summed E-state index contributed by atoms with van der Waals surface area (Å²) in [4.78, 5) is 20.5. The molecule has 0 aliphatic carbocycles. The van der Waals surface area contributed by atoms with Gasteiger partial charge in [0, 0.05) is 24.1 Å². The molecule has 6 heteroatoms. The molecule has 0 radical (unpaired) electrons. The summed E-state index contributed by atoms with van der Waals surface area (Å²) in [5.74, 6) is 0.0717. The van der Waals surface area contributed by atoms with Gasteiger partial charge in [0.25, 0.3) is 0 Å². The SMILES string of the molecule is CCOC(=O)c1ccc(NCc2cnccn2)cc1OCc1ccccc1. The Morgan fingerprint density at radius 1 is 1.11 bits per heavy atom. The molecule has 0 bridgehead atoms. The zero-order valence-electron chi connectivity index (χ0n) is 15.1. The van der Waals surface area contributed by atoms with E-state index in [0.29, 0.717) is 31.1 Å². The smallest absolute Gasteiger partial charge is 0.341 e. The number of hydrogen-bond donors (Lipinski definition) is 1. The highest BCUT2D eigenvalue weighted by atomic mass is 16.5. The topological polar surface area (TPSA) is 73.3 Å². The van der Waals surface area contributed by atoms with Gasteiger partial charge in [-0.15, -0.1) is 0 Å². The van der Waals surface area contributed by atoms with Crippen molar-refractivity contribution in [2.45, 2.75) is 20.1 Å². The maximum absolute atomic E-state index is 12.2. The van der Waals surface area contributed by atoms with E-state index in [9.17, 15) is 4.79 Å². The Hall–Kier alpha value is -3.41. The maximum atomic E-state index is 12.2. The molecule has 0 unspecified atom stereocenters. The van der Waals surface area contributed by atoms with Crippen molar-refractivity contribution in [3.63, 3.8) is 0 Å². The Morgan fingerprint density at radius 3 is 2.70 bits per heavy atom. The summed E-state index contributed by atoms with van der Waals surface area (Å²) in [6.45, 7) is 2.97. The minimum Gasteiger partial charge on any atom is -0.488 e. The number of carbonyl (C=O) groups is 1. The van der Waals surface area contributed by atoms with E-state index in [0.717, 1.165) is 16.9 Å². The van der Waals surface area contributed by atoms with Crippen molar-refractivity contribution in [2.75, 3.05) is 11.9 Å². The van der Waals surface area contributed by atoms with Crippen LogP contribution in [0.2, 0.25) is 0 Å². The minimum absolute atomic E-state index is 0.309. The van der Waals surface area contributed by atoms with Gasteiger partial charge in [0.2, 0.25) is 0 Å².